The molecule has 0 radical (unpaired) electrons. The predicted octanol–water partition coefficient (Wildman–Crippen LogP) is -0.416. The Bertz CT molecular complexity index is 390. The van der Waals surface area contributed by atoms with Crippen LogP contribution < -0.4 is 11.5 Å². The maximum absolute atomic E-state index is 12.2. The molecule has 2 aliphatic rings. The molecule has 26 heavy (non-hydrogen) atoms. The summed E-state index contributed by atoms with van der Waals surface area (Å²) in [6, 6.07) is -1.07. The van der Waals surface area contributed by atoms with E-state index in [1.54, 1.807) is 9.80 Å². The Morgan fingerprint density at radius 2 is 1.08 bits per heavy atom. The van der Waals surface area contributed by atoms with E-state index in [2.05, 4.69) is 0 Å². The van der Waals surface area contributed by atoms with E-state index in [1.165, 1.54) is 21.6 Å². The second kappa shape index (κ2) is 14.1. The molecule has 8 nitrogen and oxygen atoms in total. The van der Waals surface area contributed by atoms with Gasteiger partial charge in [-0.3, -0.25) is 9.59 Å². The molecular formula is C14H28Cl2N4O4S2. The molecule has 0 aromatic carbocycles. The second-order valence-corrected chi connectivity index (χ2v) is 8.21. The average molecular weight is 451 g/mol. The lowest BCUT2D eigenvalue weighted by molar-refractivity contribution is -0.136. The van der Waals surface area contributed by atoms with Crippen molar-refractivity contribution in [3.63, 3.8) is 0 Å². The molecule has 4 N–H and O–H groups in total. The molecule has 0 aromatic heterocycles. The lowest BCUT2D eigenvalue weighted by Gasteiger charge is -2.29. The number of carbonyl (C=O) groups excluding carboxylic acids is 2. The van der Waals surface area contributed by atoms with Crippen molar-refractivity contribution < 1.29 is 19.1 Å². The van der Waals surface area contributed by atoms with Crippen LogP contribution in [-0.4, -0.2) is 97.8 Å². The summed E-state index contributed by atoms with van der Waals surface area (Å²) in [6.45, 7) is 4.68. The van der Waals surface area contributed by atoms with E-state index in [4.69, 9.17) is 20.9 Å². The van der Waals surface area contributed by atoms with Crippen molar-refractivity contribution in [3.8, 4) is 0 Å². The number of halogens is 2. The van der Waals surface area contributed by atoms with Gasteiger partial charge in [-0.05, 0) is 0 Å². The fraction of sp³-hybridized carbons (Fsp3) is 0.857. The minimum Gasteiger partial charge on any atom is -0.378 e. The number of nitrogens with zero attached hydrogens (tertiary/aromatic N) is 2. The summed E-state index contributed by atoms with van der Waals surface area (Å²) in [6.07, 6.45) is 0. The number of morpholine rings is 2. The van der Waals surface area contributed by atoms with Crippen LogP contribution in [0.2, 0.25) is 0 Å². The Morgan fingerprint density at radius 1 is 0.769 bits per heavy atom. The van der Waals surface area contributed by atoms with Crippen molar-refractivity contribution in [2.45, 2.75) is 12.1 Å². The van der Waals surface area contributed by atoms with Gasteiger partial charge in [0.1, 0.15) is 0 Å². The lowest BCUT2D eigenvalue weighted by Crippen LogP contribution is -2.50. The normalized spacial score (nSPS) is 19.8. The molecule has 12 heteroatoms. The van der Waals surface area contributed by atoms with E-state index >= 15 is 0 Å². The molecule has 0 spiro atoms. The van der Waals surface area contributed by atoms with Gasteiger partial charge in [-0.2, -0.15) is 0 Å². The van der Waals surface area contributed by atoms with E-state index in [-0.39, 0.29) is 36.6 Å². The summed E-state index contributed by atoms with van der Waals surface area (Å²) < 4.78 is 10.5. The molecule has 2 amide bonds. The van der Waals surface area contributed by atoms with Crippen molar-refractivity contribution >= 4 is 58.2 Å². The number of nitrogens with two attached hydrogens (primary N) is 2. The van der Waals surface area contributed by atoms with Crippen LogP contribution in [-0.2, 0) is 19.1 Å². The molecule has 154 valence electrons. The van der Waals surface area contributed by atoms with Gasteiger partial charge in [0, 0.05) is 37.7 Å². The highest BCUT2D eigenvalue weighted by Crippen LogP contribution is 2.23. The quantitative estimate of drug-likeness (QED) is 0.397. The third-order valence-corrected chi connectivity index (χ3v) is 6.33. The first-order valence-corrected chi connectivity index (χ1v) is 10.6. The SMILES string of the molecule is Cl.Cl.N[C@@H](CSSC[C@H](N)C(=O)N1CCOCC1)C(=O)N1CCOCC1. The first kappa shape index (κ1) is 26.1. The number of amides is 2. The topological polar surface area (TPSA) is 111 Å². The van der Waals surface area contributed by atoms with E-state index in [9.17, 15) is 9.59 Å². The van der Waals surface area contributed by atoms with E-state index in [0.717, 1.165) is 0 Å². The van der Waals surface area contributed by atoms with Gasteiger partial charge in [0.05, 0.1) is 38.5 Å². The summed E-state index contributed by atoms with van der Waals surface area (Å²) in [4.78, 5) is 27.8. The highest BCUT2D eigenvalue weighted by Gasteiger charge is 2.25. The van der Waals surface area contributed by atoms with Crippen molar-refractivity contribution in [1.82, 2.24) is 9.80 Å². The van der Waals surface area contributed by atoms with Gasteiger partial charge in [0.25, 0.3) is 0 Å². The molecule has 2 saturated heterocycles. The van der Waals surface area contributed by atoms with Gasteiger partial charge < -0.3 is 30.7 Å². The zero-order valence-electron chi connectivity index (χ0n) is 14.5. The van der Waals surface area contributed by atoms with Crippen LogP contribution in [0.3, 0.4) is 0 Å². The van der Waals surface area contributed by atoms with Crippen LogP contribution in [0.15, 0.2) is 0 Å². The number of hydrogen-bond donors (Lipinski definition) is 2. The molecule has 0 bridgehead atoms. The standard InChI is InChI=1S/C14H26N4O4S2.2ClH/c15-11(13(19)17-1-5-21-6-2-17)9-23-24-10-12(16)14(20)18-3-7-22-8-4-18;;/h11-12H,1-10,15-16H2;2*1H/t11-,12-;;/m0../s1. The fourth-order valence-corrected chi connectivity index (χ4v) is 4.65. The van der Waals surface area contributed by atoms with Crippen LogP contribution in [0, 0.1) is 0 Å². The number of ether oxygens (including phenoxy) is 2. The number of rotatable bonds is 7. The highest BCUT2D eigenvalue weighted by atomic mass is 35.5. The molecular weight excluding hydrogens is 423 g/mol. The second-order valence-electron chi connectivity index (χ2n) is 5.66. The van der Waals surface area contributed by atoms with Gasteiger partial charge in [0.2, 0.25) is 11.8 Å². The Balaban J connectivity index is 0.00000312. The van der Waals surface area contributed by atoms with Gasteiger partial charge in [0.15, 0.2) is 0 Å². The average Bonchev–Trinajstić information content (AvgIpc) is 2.65. The number of carbonyl (C=O) groups is 2. The molecule has 2 aliphatic heterocycles. The van der Waals surface area contributed by atoms with Crippen molar-refractivity contribution in [1.29, 1.82) is 0 Å². The third-order valence-electron chi connectivity index (χ3n) is 3.86. The van der Waals surface area contributed by atoms with Crippen molar-refractivity contribution in [2.24, 2.45) is 11.5 Å². The highest BCUT2D eigenvalue weighted by molar-refractivity contribution is 8.76. The zero-order chi connectivity index (χ0) is 17.4. The third kappa shape index (κ3) is 8.39. The minimum atomic E-state index is -0.535. The first-order valence-electron chi connectivity index (χ1n) is 8.08. The molecule has 0 aliphatic carbocycles. The van der Waals surface area contributed by atoms with Crippen molar-refractivity contribution in [3.05, 3.63) is 0 Å². The summed E-state index contributed by atoms with van der Waals surface area (Å²) >= 11 is 0. The molecule has 2 rings (SSSR count). The number of hydrogen-bond acceptors (Lipinski definition) is 8. The molecule has 0 unspecified atom stereocenters. The molecule has 2 fully saturated rings. The van der Waals surface area contributed by atoms with Gasteiger partial charge >= 0.3 is 0 Å². The van der Waals surface area contributed by atoms with Crippen LogP contribution in [0.5, 0.6) is 0 Å². The zero-order valence-corrected chi connectivity index (χ0v) is 17.8. The molecule has 2 atom stereocenters. The summed E-state index contributed by atoms with van der Waals surface area (Å²) in [5.74, 6) is 0.915. The first-order chi connectivity index (χ1) is 11.6. The van der Waals surface area contributed by atoms with Gasteiger partial charge in [-0.1, -0.05) is 21.6 Å². The van der Waals surface area contributed by atoms with E-state index in [1.807, 2.05) is 0 Å². The Morgan fingerprint density at radius 3 is 1.38 bits per heavy atom. The van der Waals surface area contributed by atoms with Gasteiger partial charge in [-0.15, -0.1) is 24.8 Å². The summed E-state index contributed by atoms with van der Waals surface area (Å²) in [5.41, 5.74) is 11.9. The smallest absolute Gasteiger partial charge is 0.240 e. The Kier molecular flexibility index (Phi) is 14.1. The fourth-order valence-electron chi connectivity index (χ4n) is 2.42. The maximum Gasteiger partial charge on any atom is 0.240 e. The maximum atomic E-state index is 12.2. The molecule has 2 heterocycles. The summed E-state index contributed by atoms with van der Waals surface area (Å²) in [7, 11) is 2.97. The predicted molar refractivity (Wildman–Crippen MR) is 110 cm³/mol. The Labute approximate surface area is 174 Å². The molecule has 0 aromatic rings. The summed E-state index contributed by atoms with van der Waals surface area (Å²) in [5, 5.41) is 0. The van der Waals surface area contributed by atoms with Crippen LogP contribution >= 0.6 is 46.4 Å². The van der Waals surface area contributed by atoms with Crippen LogP contribution in [0.25, 0.3) is 0 Å². The van der Waals surface area contributed by atoms with Crippen molar-refractivity contribution in [2.75, 3.05) is 64.1 Å². The minimum absolute atomic E-state index is 0. The van der Waals surface area contributed by atoms with Crippen LogP contribution in [0.4, 0.5) is 0 Å². The molecule has 0 saturated carbocycles. The Hall–Kier alpha value is 0.0600. The largest absolute Gasteiger partial charge is 0.378 e. The monoisotopic (exact) mass is 450 g/mol. The van der Waals surface area contributed by atoms with Gasteiger partial charge in [-0.25, -0.2) is 0 Å². The van der Waals surface area contributed by atoms with E-state index < -0.39 is 12.1 Å². The van der Waals surface area contributed by atoms with Crippen LogP contribution in [0.1, 0.15) is 0 Å². The lowest BCUT2D eigenvalue weighted by atomic mass is 10.3. The van der Waals surface area contributed by atoms with E-state index in [0.29, 0.717) is 64.1 Å².